The number of nitrogens with one attached hydrogen (secondary N) is 2. The summed E-state index contributed by atoms with van der Waals surface area (Å²) < 4.78 is 5.49. The third-order valence-corrected chi connectivity index (χ3v) is 4.54. The molecule has 1 aliphatic heterocycles. The number of fused-ring (bicyclic) bond motifs is 1. The summed E-state index contributed by atoms with van der Waals surface area (Å²) in [5, 5.41) is 3.91. The molecule has 0 bridgehead atoms. The fourth-order valence-electron chi connectivity index (χ4n) is 3.29. The number of carbonyl (C=O) groups excluding carboxylic acids is 1. The molecule has 2 aromatic rings. The van der Waals surface area contributed by atoms with Crippen molar-refractivity contribution in [2.75, 3.05) is 13.2 Å². The van der Waals surface area contributed by atoms with Crippen LogP contribution in [0.1, 0.15) is 36.0 Å². The molecule has 2 heterocycles. The van der Waals surface area contributed by atoms with Crippen molar-refractivity contribution in [3.63, 3.8) is 0 Å². The molecule has 24 heavy (non-hydrogen) atoms. The number of hydrogen-bond acceptors (Lipinski definition) is 3. The fourth-order valence-corrected chi connectivity index (χ4v) is 3.29. The molecule has 3 rings (SSSR count). The van der Waals surface area contributed by atoms with Crippen molar-refractivity contribution in [1.29, 1.82) is 0 Å². The number of aromatic amines is 1. The Balaban J connectivity index is 1.65. The second-order valence-corrected chi connectivity index (χ2v) is 6.61. The number of aromatic nitrogens is 1. The average Bonchev–Trinajstić information content (AvgIpc) is 3.05. The van der Waals surface area contributed by atoms with Crippen molar-refractivity contribution >= 4 is 16.8 Å². The number of aryl methyl sites for hydroxylation is 3. The van der Waals surface area contributed by atoms with Crippen molar-refractivity contribution in [3.05, 3.63) is 45.2 Å². The molecule has 128 valence electrons. The quantitative estimate of drug-likeness (QED) is 0.885. The molecule has 2 N–H and O–H groups in total. The highest BCUT2D eigenvalue weighted by Gasteiger charge is 2.16. The van der Waals surface area contributed by atoms with Crippen LogP contribution in [-0.2, 0) is 16.0 Å². The van der Waals surface area contributed by atoms with Gasteiger partial charge in [-0.1, -0.05) is 11.6 Å². The van der Waals surface area contributed by atoms with E-state index in [2.05, 4.69) is 22.4 Å². The lowest BCUT2D eigenvalue weighted by molar-refractivity contribution is -0.121. The molecular formula is C19H24N2O3. The summed E-state index contributed by atoms with van der Waals surface area (Å²) in [6.45, 7) is 5.37. The molecule has 0 saturated carbocycles. The van der Waals surface area contributed by atoms with Gasteiger partial charge in [0.2, 0.25) is 5.91 Å². The Kier molecular flexibility index (Phi) is 5.00. The topological polar surface area (TPSA) is 71.2 Å². The second kappa shape index (κ2) is 7.18. The van der Waals surface area contributed by atoms with Crippen LogP contribution in [0.25, 0.3) is 10.9 Å². The standard InChI is InChI=1S/C19H24N2O3/c1-12-8-13(2)18-15(9-12)10-14(19(23)21-18)5-6-17(22)20-11-16-4-3-7-24-16/h8-10,16H,3-7,11H2,1-2H3,(H,20,22)(H,21,23). The molecule has 1 amide bonds. The summed E-state index contributed by atoms with van der Waals surface area (Å²) in [7, 11) is 0. The van der Waals surface area contributed by atoms with E-state index in [9.17, 15) is 9.59 Å². The maximum absolute atomic E-state index is 12.2. The molecule has 0 aliphatic carbocycles. The van der Waals surface area contributed by atoms with E-state index in [4.69, 9.17) is 4.74 Å². The van der Waals surface area contributed by atoms with Crippen LogP contribution in [-0.4, -0.2) is 30.1 Å². The molecule has 5 heteroatoms. The maximum Gasteiger partial charge on any atom is 0.251 e. The minimum Gasteiger partial charge on any atom is -0.376 e. The van der Waals surface area contributed by atoms with Gasteiger partial charge in [-0.3, -0.25) is 9.59 Å². The third kappa shape index (κ3) is 3.85. The Labute approximate surface area is 141 Å². The number of pyridine rings is 1. The number of carbonyl (C=O) groups is 1. The number of rotatable bonds is 5. The Morgan fingerprint density at radius 2 is 2.17 bits per heavy atom. The number of H-pyrrole nitrogens is 1. The Morgan fingerprint density at radius 1 is 1.33 bits per heavy atom. The van der Waals surface area contributed by atoms with E-state index in [1.165, 1.54) is 0 Å². The van der Waals surface area contributed by atoms with Crippen molar-refractivity contribution < 1.29 is 9.53 Å². The highest BCUT2D eigenvalue weighted by Crippen LogP contribution is 2.18. The molecule has 0 spiro atoms. The van der Waals surface area contributed by atoms with E-state index in [1.807, 2.05) is 19.9 Å². The van der Waals surface area contributed by atoms with Crippen molar-refractivity contribution in [3.8, 4) is 0 Å². The van der Waals surface area contributed by atoms with Gasteiger partial charge in [0.05, 0.1) is 11.6 Å². The molecule has 0 radical (unpaired) electrons. The molecule has 1 aliphatic rings. The minimum atomic E-state index is -0.110. The smallest absolute Gasteiger partial charge is 0.251 e. The molecular weight excluding hydrogens is 304 g/mol. The van der Waals surface area contributed by atoms with Gasteiger partial charge in [0.25, 0.3) is 5.56 Å². The Morgan fingerprint density at radius 3 is 2.92 bits per heavy atom. The van der Waals surface area contributed by atoms with Crippen LogP contribution < -0.4 is 10.9 Å². The van der Waals surface area contributed by atoms with Crippen molar-refractivity contribution in [2.45, 2.75) is 45.6 Å². The number of hydrogen-bond donors (Lipinski definition) is 2. The van der Waals surface area contributed by atoms with Crippen LogP contribution in [0.4, 0.5) is 0 Å². The summed E-state index contributed by atoms with van der Waals surface area (Å²) in [4.78, 5) is 27.2. The first-order valence-corrected chi connectivity index (χ1v) is 8.54. The van der Waals surface area contributed by atoms with Gasteiger partial charge in [0.1, 0.15) is 0 Å². The molecule has 1 aromatic carbocycles. The van der Waals surface area contributed by atoms with Gasteiger partial charge < -0.3 is 15.0 Å². The predicted molar refractivity (Wildman–Crippen MR) is 94.3 cm³/mol. The number of benzene rings is 1. The summed E-state index contributed by atoms with van der Waals surface area (Å²) >= 11 is 0. The highest BCUT2D eigenvalue weighted by molar-refractivity contribution is 5.83. The largest absolute Gasteiger partial charge is 0.376 e. The number of ether oxygens (including phenoxy) is 1. The molecule has 5 nitrogen and oxygen atoms in total. The predicted octanol–water partition coefficient (Wildman–Crippen LogP) is 2.37. The normalized spacial score (nSPS) is 17.3. The van der Waals surface area contributed by atoms with Crippen molar-refractivity contribution in [2.24, 2.45) is 0 Å². The first kappa shape index (κ1) is 16.7. The summed E-state index contributed by atoms with van der Waals surface area (Å²) in [5.41, 5.74) is 3.63. The van der Waals surface area contributed by atoms with E-state index in [-0.39, 0.29) is 17.6 Å². The third-order valence-electron chi connectivity index (χ3n) is 4.54. The van der Waals surface area contributed by atoms with Gasteiger partial charge in [-0.05, 0) is 56.2 Å². The zero-order valence-corrected chi connectivity index (χ0v) is 14.3. The van der Waals surface area contributed by atoms with Crippen LogP contribution >= 0.6 is 0 Å². The SMILES string of the molecule is Cc1cc(C)c2[nH]c(=O)c(CCC(=O)NCC3CCCO3)cc2c1. The zero-order chi connectivity index (χ0) is 17.1. The van der Waals surface area contributed by atoms with Crippen LogP contribution in [0, 0.1) is 13.8 Å². The van der Waals surface area contributed by atoms with E-state index in [1.54, 1.807) is 0 Å². The monoisotopic (exact) mass is 328 g/mol. The average molecular weight is 328 g/mol. The fraction of sp³-hybridized carbons (Fsp3) is 0.474. The number of amides is 1. The van der Waals surface area contributed by atoms with Gasteiger partial charge in [-0.15, -0.1) is 0 Å². The summed E-state index contributed by atoms with van der Waals surface area (Å²) in [5.74, 6) is -0.0366. The van der Waals surface area contributed by atoms with E-state index >= 15 is 0 Å². The van der Waals surface area contributed by atoms with Gasteiger partial charge >= 0.3 is 0 Å². The van der Waals surface area contributed by atoms with Crippen LogP contribution in [0.5, 0.6) is 0 Å². The lowest BCUT2D eigenvalue weighted by Crippen LogP contribution is -2.32. The lowest BCUT2D eigenvalue weighted by Gasteiger charge is -2.11. The van der Waals surface area contributed by atoms with E-state index in [0.29, 0.717) is 24.9 Å². The summed E-state index contributed by atoms with van der Waals surface area (Å²) in [6, 6.07) is 6.01. The molecule has 1 saturated heterocycles. The van der Waals surface area contributed by atoms with Gasteiger partial charge in [-0.25, -0.2) is 0 Å². The second-order valence-electron chi connectivity index (χ2n) is 6.61. The summed E-state index contributed by atoms with van der Waals surface area (Å²) in [6.07, 6.45) is 2.96. The van der Waals surface area contributed by atoms with Gasteiger partial charge in [0, 0.05) is 25.1 Å². The zero-order valence-electron chi connectivity index (χ0n) is 14.3. The molecule has 1 aromatic heterocycles. The van der Waals surface area contributed by atoms with Crippen LogP contribution in [0.2, 0.25) is 0 Å². The molecule has 1 atom stereocenters. The van der Waals surface area contributed by atoms with Crippen molar-refractivity contribution in [1.82, 2.24) is 10.3 Å². The van der Waals surface area contributed by atoms with E-state index in [0.717, 1.165) is 41.5 Å². The Hall–Kier alpha value is -2.14. The molecule has 1 fully saturated rings. The van der Waals surface area contributed by atoms with Gasteiger partial charge in [-0.2, -0.15) is 0 Å². The minimum absolute atomic E-state index is 0.0366. The Bertz CT molecular complexity index is 804. The van der Waals surface area contributed by atoms with Gasteiger partial charge in [0.15, 0.2) is 0 Å². The maximum atomic E-state index is 12.2. The van der Waals surface area contributed by atoms with E-state index < -0.39 is 0 Å². The first-order valence-electron chi connectivity index (χ1n) is 8.54. The van der Waals surface area contributed by atoms with Crippen LogP contribution in [0.15, 0.2) is 23.0 Å². The first-order chi connectivity index (χ1) is 11.5. The highest BCUT2D eigenvalue weighted by atomic mass is 16.5. The van der Waals surface area contributed by atoms with Crippen LogP contribution in [0.3, 0.4) is 0 Å². The molecule has 1 unspecified atom stereocenters. The lowest BCUT2D eigenvalue weighted by atomic mass is 10.0.